The van der Waals surface area contributed by atoms with Gasteiger partial charge in [-0.05, 0) is 70.8 Å². The van der Waals surface area contributed by atoms with E-state index < -0.39 is 5.41 Å². The lowest BCUT2D eigenvalue weighted by atomic mass is 9.60. The number of benzene rings is 6. The second kappa shape index (κ2) is 7.87. The predicted octanol–water partition coefficient (Wildman–Crippen LogP) is 9.74. The third-order valence-corrected chi connectivity index (χ3v) is 8.61. The fourth-order valence-electron chi connectivity index (χ4n) is 7.17. The summed E-state index contributed by atoms with van der Waals surface area (Å²) in [7, 11) is 0. The standard InChI is InChI=1S/C37H24N2O/c1-2-13-25(14-3-1)38-30-19-7-4-15-26(30)37(27-16-5-8-20-31(27)38)28-17-6-9-21-32(28)39-33-22-10-11-23-34(33)40-35-24-12-18-29(37)36(35)39/h1-24H. The summed E-state index contributed by atoms with van der Waals surface area (Å²) in [5.41, 5.74) is 11.4. The zero-order valence-corrected chi connectivity index (χ0v) is 21.7. The molecule has 3 heterocycles. The minimum atomic E-state index is -0.535. The molecule has 0 saturated heterocycles. The average Bonchev–Trinajstić information content (AvgIpc) is 3.03. The molecule has 40 heavy (non-hydrogen) atoms. The van der Waals surface area contributed by atoms with E-state index in [-0.39, 0.29) is 0 Å². The number of fused-ring (bicyclic) bond motifs is 10. The first-order chi connectivity index (χ1) is 19.9. The molecule has 0 radical (unpaired) electrons. The average molecular weight is 513 g/mol. The van der Waals surface area contributed by atoms with E-state index >= 15 is 0 Å². The summed E-state index contributed by atoms with van der Waals surface area (Å²) in [6.07, 6.45) is 0. The number of hydrogen-bond donors (Lipinski definition) is 0. The van der Waals surface area contributed by atoms with Crippen LogP contribution in [0.2, 0.25) is 0 Å². The van der Waals surface area contributed by atoms with E-state index in [2.05, 4.69) is 149 Å². The van der Waals surface area contributed by atoms with Crippen LogP contribution in [0.4, 0.5) is 34.1 Å². The zero-order chi connectivity index (χ0) is 26.3. The Morgan fingerprint density at radius 1 is 0.375 bits per heavy atom. The van der Waals surface area contributed by atoms with Crippen LogP contribution in [0, 0.1) is 0 Å². The number of rotatable bonds is 1. The van der Waals surface area contributed by atoms with Gasteiger partial charge in [-0.1, -0.05) is 97.1 Å². The van der Waals surface area contributed by atoms with Crippen LogP contribution in [0.25, 0.3) is 0 Å². The summed E-state index contributed by atoms with van der Waals surface area (Å²) in [6.45, 7) is 0. The lowest BCUT2D eigenvalue weighted by Gasteiger charge is -2.52. The van der Waals surface area contributed by atoms with E-state index in [9.17, 15) is 0 Å². The van der Waals surface area contributed by atoms with Crippen molar-refractivity contribution in [2.75, 3.05) is 9.80 Å². The van der Waals surface area contributed by atoms with Gasteiger partial charge in [0.1, 0.15) is 0 Å². The second-order valence-electron chi connectivity index (χ2n) is 10.5. The number of anilines is 6. The van der Waals surface area contributed by atoms with Crippen molar-refractivity contribution in [1.29, 1.82) is 0 Å². The van der Waals surface area contributed by atoms with Crippen LogP contribution in [0.5, 0.6) is 11.5 Å². The molecular weight excluding hydrogens is 488 g/mol. The molecule has 6 aromatic carbocycles. The van der Waals surface area contributed by atoms with E-state index in [1.807, 2.05) is 6.07 Å². The first kappa shape index (κ1) is 21.6. The summed E-state index contributed by atoms with van der Waals surface area (Å²) < 4.78 is 6.59. The topological polar surface area (TPSA) is 15.7 Å². The Bertz CT molecular complexity index is 1900. The largest absolute Gasteiger partial charge is 0.453 e. The number of nitrogens with zero attached hydrogens (tertiary/aromatic N) is 2. The summed E-state index contributed by atoms with van der Waals surface area (Å²) in [5.74, 6) is 1.75. The molecule has 0 saturated carbocycles. The first-order valence-electron chi connectivity index (χ1n) is 13.7. The lowest BCUT2D eigenvalue weighted by Crippen LogP contribution is -2.42. The molecule has 1 spiro atoms. The molecule has 0 amide bonds. The molecule has 3 nitrogen and oxygen atoms in total. The van der Waals surface area contributed by atoms with Gasteiger partial charge in [-0.3, -0.25) is 0 Å². The Balaban J connectivity index is 1.46. The minimum Gasteiger partial charge on any atom is -0.453 e. The van der Waals surface area contributed by atoms with Crippen molar-refractivity contribution in [3.8, 4) is 11.5 Å². The van der Waals surface area contributed by atoms with E-state index in [1.54, 1.807) is 0 Å². The Morgan fingerprint density at radius 3 is 1.50 bits per heavy atom. The summed E-state index contributed by atoms with van der Waals surface area (Å²) in [6, 6.07) is 52.2. The van der Waals surface area contributed by atoms with Crippen molar-refractivity contribution < 1.29 is 4.74 Å². The molecule has 6 aromatic rings. The Morgan fingerprint density at radius 2 is 0.850 bits per heavy atom. The van der Waals surface area contributed by atoms with Gasteiger partial charge in [-0.25, -0.2) is 0 Å². The molecule has 188 valence electrons. The highest BCUT2D eigenvalue weighted by Crippen LogP contribution is 2.66. The maximum Gasteiger partial charge on any atom is 0.151 e. The van der Waals surface area contributed by atoms with Gasteiger partial charge in [0.05, 0.1) is 33.9 Å². The molecule has 0 atom stereocenters. The fourth-order valence-corrected chi connectivity index (χ4v) is 7.17. The fraction of sp³-hybridized carbons (Fsp3) is 0.0270. The molecule has 0 fully saturated rings. The normalized spacial score (nSPS) is 14.8. The second-order valence-corrected chi connectivity index (χ2v) is 10.5. The molecule has 0 bridgehead atoms. The molecular formula is C37H24N2O. The van der Waals surface area contributed by atoms with Gasteiger partial charge in [-0.2, -0.15) is 0 Å². The Kier molecular flexibility index (Phi) is 4.26. The van der Waals surface area contributed by atoms with Crippen molar-refractivity contribution in [1.82, 2.24) is 0 Å². The Hall–Kier alpha value is -5.28. The quantitative estimate of drug-likeness (QED) is 0.218. The molecule has 3 aliphatic heterocycles. The maximum absolute atomic E-state index is 6.59. The van der Waals surface area contributed by atoms with Crippen molar-refractivity contribution >= 4 is 34.1 Å². The van der Waals surface area contributed by atoms with Gasteiger partial charge >= 0.3 is 0 Å². The molecule has 3 aliphatic rings. The summed E-state index contributed by atoms with van der Waals surface area (Å²) in [5, 5.41) is 0. The molecule has 0 unspecified atom stereocenters. The van der Waals surface area contributed by atoms with E-state index in [0.29, 0.717) is 0 Å². The third kappa shape index (κ3) is 2.59. The summed E-state index contributed by atoms with van der Waals surface area (Å²) in [4.78, 5) is 4.81. The maximum atomic E-state index is 6.59. The van der Waals surface area contributed by atoms with Crippen molar-refractivity contribution in [3.63, 3.8) is 0 Å². The van der Waals surface area contributed by atoms with Gasteiger partial charge in [0.15, 0.2) is 11.5 Å². The van der Waals surface area contributed by atoms with Crippen LogP contribution in [0.15, 0.2) is 146 Å². The van der Waals surface area contributed by atoms with Gasteiger partial charge < -0.3 is 14.5 Å². The van der Waals surface area contributed by atoms with Gasteiger partial charge in [0.25, 0.3) is 0 Å². The lowest BCUT2D eigenvalue weighted by molar-refractivity contribution is 0.473. The van der Waals surface area contributed by atoms with Crippen molar-refractivity contribution in [3.05, 3.63) is 168 Å². The molecule has 0 aliphatic carbocycles. The Labute approximate surface area is 233 Å². The predicted molar refractivity (Wildman–Crippen MR) is 161 cm³/mol. The van der Waals surface area contributed by atoms with E-state index in [4.69, 9.17) is 4.74 Å². The van der Waals surface area contributed by atoms with Gasteiger partial charge in [0.2, 0.25) is 0 Å². The smallest absolute Gasteiger partial charge is 0.151 e. The molecule has 9 rings (SSSR count). The van der Waals surface area contributed by atoms with Gasteiger partial charge in [-0.15, -0.1) is 0 Å². The van der Waals surface area contributed by atoms with Crippen LogP contribution >= 0.6 is 0 Å². The highest BCUT2D eigenvalue weighted by molar-refractivity contribution is 5.99. The van der Waals surface area contributed by atoms with Gasteiger partial charge in [0, 0.05) is 5.69 Å². The molecule has 3 heteroatoms. The monoisotopic (exact) mass is 512 g/mol. The molecule has 0 N–H and O–H groups in total. The van der Waals surface area contributed by atoms with E-state index in [0.717, 1.165) is 28.6 Å². The van der Waals surface area contributed by atoms with Crippen LogP contribution in [-0.4, -0.2) is 0 Å². The minimum absolute atomic E-state index is 0.535. The highest BCUT2D eigenvalue weighted by atomic mass is 16.5. The van der Waals surface area contributed by atoms with Crippen LogP contribution < -0.4 is 14.5 Å². The SMILES string of the molecule is c1ccc(N2c3ccccc3C3(c4ccccc42)c2ccccc2N2c4ccccc4Oc4cccc3c42)cc1. The van der Waals surface area contributed by atoms with Crippen LogP contribution in [-0.2, 0) is 5.41 Å². The van der Waals surface area contributed by atoms with Crippen LogP contribution in [0.1, 0.15) is 22.3 Å². The summed E-state index contributed by atoms with van der Waals surface area (Å²) >= 11 is 0. The third-order valence-electron chi connectivity index (χ3n) is 8.61. The highest BCUT2D eigenvalue weighted by Gasteiger charge is 2.53. The number of hydrogen-bond acceptors (Lipinski definition) is 3. The van der Waals surface area contributed by atoms with Crippen molar-refractivity contribution in [2.24, 2.45) is 0 Å². The van der Waals surface area contributed by atoms with E-state index in [1.165, 1.54) is 39.3 Å². The molecule has 0 aromatic heterocycles. The first-order valence-corrected chi connectivity index (χ1v) is 13.7. The van der Waals surface area contributed by atoms with Crippen LogP contribution in [0.3, 0.4) is 0 Å². The number of para-hydroxylation sites is 7. The zero-order valence-electron chi connectivity index (χ0n) is 21.7. The number of ether oxygens (including phenoxy) is 1. The van der Waals surface area contributed by atoms with Crippen molar-refractivity contribution in [2.45, 2.75) is 5.41 Å².